The van der Waals surface area contributed by atoms with Gasteiger partial charge < -0.3 is 14.6 Å². The summed E-state index contributed by atoms with van der Waals surface area (Å²) in [6.07, 6.45) is 0.898. The highest BCUT2D eigenvalue weighted by Gasteiger charge is 2.27. The van der Waals surface area contributed by atoms with Crippen molar-refractivity contribution in [2.24, 2.45) is 0 Å². The lowest BCUT2D eigenvalue weighted by atomic mass is 10.1. The van der Waals surface area contributed by atoms with Crippen LogP contribution in [0.4, 0.5) is 0 Å². The summed E-state index contributed by atoms with van der Waals surface area (Å²) in [6.45, 7) is 2.19. The van der Waals surface area contributed by atoms with E-state index in [0.717, 1.165) is 17.5 Å². The highest BCUT2D eigenvalue weighted by atomic mass is 16.5. The van der Waals surface area contributed by atoms with Crippen molar-refractivity contribution in [2.45, 2.75) is 13.3 Å². The molecule has 1 aliphatic rings. The van der Waals surface area contributed by atoms with E-state index in [4.69, 9.17) is 14.6 Å². The molecule has 0 spiro atoms. The Morgan fingerprint density at radius 3 is 2.04 bits per heavy atom. The predicted octanol–water partition coefficient (Wildman–Crippen LogP) is 3.15. The van der Waals surface area contributed by atoms with Gasteiger partial charge in [0.15, 0.2) is 12.4 Å². The maximum atomic E-state index is 12.6. The van der Waals surface area contributed by atoms with Crippen molar-refractivity contribution in [1.82, 2.24) is 0 Å². The van der Waals surface area contributed by atoms with Crippen molar-refractivity contribution in [2.75, 3.05) is 13.2 Å². The van der Waals surface area contributed by atoms with Crippen LogP contribution in [0.15, 0.2) is 36.4 Å². The molecule has 5 heteroatoms. The van der Waals surface area contributed by atoms with Gasteiger partial charge in [-0.05, 0) is 53.9 Å². The Kier molecular flexibility index (Phi) is 4.02. The number of carboxylic acid groups (broad SMARTS) is 1. The van der Waals surface area contributed by atoms with Crippen LogP contribution in [0.3, 0.4) is 0 Å². The fourth-order valence-corrected chi connectivity index (χ4v) is 2.58. The fourth-order valence-electron chi connectivity index (χ4n) is 2.58. The number of carboxylic acids is 1. The van der Waals surface area contributed by atoms with Crippen LogP contribution >= 0.6 is 0 Å². The van der Waals surface area contributed by atoms with Crippen LogP contribution < -0.4 is 9.47 Å². The molecule has 0 saturated carbocycles. The number of carbonyl (C=O) groups excluding carboxylic acids is 1. The van der Waals surface area contributed by atoms with E-state index >= 15 is 0 Å². The quantitative estimate of drug-likeness (QED) is 0.757. The zero-order valence-corrected chi connectivity index (χ0v) is 12.7. The van der Waals surface area contributed by atoms with Crippen molar-refractivity contribution in [3.05, 3.63) is 47.5 Å². The van der Waals surface area contributed by atoms with Crippen molar-refractivity contribution in [3.63, 3.8) is 0 Å². The monoisotopic (exact) mass is 312 g/mol. The molecule has 0 saturated heterocycles. The molecule has 5 nitrogen and oxygen atoms in total. The molecule has 2 aromatic rings. The lowest BCUT2D eigenvalue weighted by Crippen LogP contribution is -2.09. The van der Waals surface area contributed by atoms with Crippen LogP contribution in [0, 0.1) is 0 Å². The zero-order chi connectivity index (χ0) is 16.4. The summed E-state index contributed by atoms with van der Waals surface area (Å²) in [5.41, 5.74) is 2.81. The molecule has 0 atom stereocenters. The first-order chi connectivity index (χ1) is 11.1. The topological polar surface area (TPSA) is 72.8 Å². The smallest absolute Gasteiger partial charge is 0.341 e. The number of hydrogen-bond acceptors (Lipinski definition) is 4. The second kappa shape index (κ2) is 6.12. The van der Waals surface area contributed by atoms with Gasteiger partial charge >= 0.3 is 5.97 Å². The van der Waals surface area contributed by atoms with Crippen LogP contribution in [0.2, 0.25) is 0 Å². The number of carbonyl (C=O) groups is 2. The molecule has 0 aromatic heterocycles. The first-order valence-corrected chi connectivity index (χ1v) is 7.40. The van der Waals surface area contributed by atoms with Crippen molar-refractivity contribution >= 4 is 11.8 Å². The molecule has 0 bridgehead atoms. The number of benzene rings is 2. The van der Waals surface area contributed by atoms with Gasteiger partial charge in [-0.15, -0.1) is 0 Å². The molecule has 23 heavy (non-hydrogen) atoms. The molecular formula is C18H16O5. The number of ketones is 1. The second-order valence-electron chi connectivity index (χ2n) is 5.27. The molecule has 0 amide bonds. The third-order valence-corrected chi connectivity index (χ3v) is 3.60. The summed E-state index contributed by atoms with van der Waals surface area (Å²) < 4.78 is 10.7. The molecule has 1 aliphatic carbocycles. The average Bonchev–Trinajstić information content (AvgIpc) is 2.83. The van der Waals surface area contributed by atoms with Crippen molar-refractivity contribution in [3.8, 4) is 22.6 Å². The van der Waals surface area contributed by atoms with E-state index in [1.54, 1.807) is 24.3 Å². The maximum absolute atomic E-state index is 12.6. The molecule has 1 N–H and O–H groups in total. The summed E-state index contributed by atoms with van der Waals surface area (Å²) >= 11 is 0. The minimum atomic E-state index is -1.06. The van der Waals surface area contributed by atoms with Gasteiger partial charge in [0.2, 0.25) is 0 Å². The third kappa shape index (κ3) is 2.90. The first kappa shape index (κ1) is 15.1. The molecule has 0 aliphatic heterocycles. The first-order valence-electron chi connectivity index (χ1n) is 7.40. The maximum Gasteiger partial charge on any atom is 0.341 e. The predicted molar refractivity (Wildman–Crippen MR) is 84.2 cm³/mol. The lowest BCUT2D eigenvalue weighted by molar-refractivity contribution is -0.139. The van der Waals surface area contributed by atoms with E-state index in [-0.39, 0.29) is 5.78 Å². The van der Waals surface area contributed by atoms with E-state index in [1.807, 2.05) is 19.1 Å². The number of hydrogen-bond donors (Lipinski definition) is 1. The Bertz CT molecular complexity index is 779. The fraction of sp³-hybridized carbons (Fsp3) is 0.222. The summed E-state index contributed by atoms with van der Waals surface area (Å²) in [5, 5.41) is 8.66. The summed E-state index contributed by atoms with van der Waals surface area (Å²) in [4.78, 5) is 23.1. The van der Waals surface area contributed by atoms with E-state index in [9.17, 15) is 9.59 Å². The van der Waals surface area contributed by atoms with Gasteiger partial charge in [0, 0.05) is 11.1 Å². The van der Waals surface area contributed by atoms with Gasteiger partial charge in [-0.2, -0.15) is 0 Å². The Balaban J connectivity index is 1.91. The van der Waals surface area contributed by atoms with Crippen LogP contribution in [0.1, 0.15) is 29.3 Å². The van der Waals surface area contributed by atoms with E-state index < -0.39 is 12.6 Å². The van der Waals surface area contributed by atoms with Gasteiger partial charge in [-0.1, -0.05) is 6.92 Å². The number of rotatable bonds is 6. The zero-order valence-electron chi connectivity index (χ0n) is 12.7. The average molecular weight is 312 g/mol. The molecular weight excluding hydrogens is 296 g/mol. The molecule has 2 aromatic carbocycles. The third-order valence-electron chi connectivity index (χ3n) is 3.60. The Morgan fingerprint density at radius 2 is 1.52 bits per heavy atom. The molecule has 0 radical (unpaired) electrons. The van der Waals surface area contributed by atoms with Crippen LogP contribution in [0.25, 0.3) is 11.1 Å². The van der Waals surface area contributed by atoms with E-state index in [2.05, 4.69) is 0 Å². The lowest BCUT2D eigenvalue weighted by Gasteiger charge is -2.06. The second-order valence-corrected chi connectivity index (χ2v) is 5.27. The van der Waals surface area contributed by atoms with Crippen LogP contribution in [-0.2, 0) is 4.79 Å². The molecule has 3 rings (SSSR count). The Labute approximate surface area is 133 Å². The molecule has 0 fully saturated rings. The number of aliphatic carboxylic acids is 1. The van der Waals surface area contributed by atoms with Crippen LogP contribution in [-0.4, -0.2) is 30.1 Å². The molecule has 0 unspecified atom stereocenters. The van der Waals surface area contributed by atoms with E-state index in [0.29, 0.717) is 29.2 Å². The van der Waals surface area contributed by atoms with Gasteiger partial charge in [0.05, 0.1) is 6.61 Å². The van der Waals surface area contributed by atoms with Gasteiger partial charge in [0.1, 0.15) is 11.5 Å². The minimum absolute atomic E-state index is 0.0993. The van der Waals surface area contributed by atoms with Crippen molar-refractivity contribution in [1.29, 1.82) is 0 Å². The van der Waals surface area contributed by atoms with Gasteiger partial charge in [-0.25, -0.2) is 4.79 Å². The SMILES string of the molecule is CCCOc1ccc2c(c1)C(=O)c1cc(OCC(=O)O)ccc1-2. The van der Waals surface area contributed by atoms with Gasteiger partial charge in [-0.3, -0.25) is 4.79 Å². The van der Waals surface area contributed by atoms with Crippen LogP contribution in [0.5, 0.6) is 11.5 Å². The Morgan fingerprint density at radius 1 is 0.957 bits per heavy atom. The standard InChI is InChI=1S/C18H16O5/c1-2-7-22-11-3-5-13-14-6-4-12(23-10-17(19)20)9-16(14)18(21)15(13)8-11/h3-6,8-9H,2,7,10H2,1H3,(H,19,20). The number of fused-ring (bicyclic) bond motifs is 3. The van der Waals surface area contributed by atoms with E-state index in [1.165, 1.54) is 0 Å². The molecule has 0 heterocycles. The summed E-state index contributed by atoms with van der Waals surface area (Å²) in [7, 11) is 0. The largest absolute Gasteiger partial charge is 0.494 e. The Hall–Kier alpha value is -2.82. The summed E-state index contributed by atoms with van der Waals surface area (Å²) in [5.74, 6) is -0.112. The van der Waals surface area contributed by atoms with Gasteiger partial charge in [0.25, 0.3) is 0 Å². The highest BCUT2D eigenvalue weighted by molar-refractivity contribution is 6.22. The van der Waals surface area contributed by atoms with Crippen molar-refractivity contribution < 1.29 is 24.2 Å². The highest BCUT2D eigenvalue weighted by Crippen LogP contribution is 2.39. The number of ether oxygens (including phenoxy) is 2. The summed E-state index contributed by atoms with van der Waals surface area (Å²) in [6, 6.07) is 10.5. The normalized spacial score (nSPS) is 11.8. The minimum Gasteiger partial charge on any atom is -0.494 e. The molecule has 118 valence electrons.